The van der Waals surface area contributed by atoms with Gasteiger partial charge in [0, 0.05) is 12.6 Å². The average molecular weight is 305 g/mol. The molecule has 2 N–H and O–H groups in total. The van der Waals surface area contributed by atoms with E-state index in [2.05, 4.69) is 43.8 Å². The molecule has 0 bridgehead atoms. The fourth-order valence-electron chi connectivity index (χ4n) is 3.85. The molecule has 2 nitrogen and oxygen atoms in total. The van der Waals surface area contributed by atoms with Crippen LogP contribution in [0.4, 0.5) is 0 Å². The van der Waals surface area contributed by atoms with E-state index in [1.165, 1.54) is 41.0 Å². The van der Waals surface area contributed by atoms with Gasteiger partial charge in [-0.2, -0.15) is 11.8 Å². The maximum absolute atomic E-state index is 6.67. The lowest BCUT2D eigenvalue weighted by molar-refractivity contribution is -0.105. The van der Waals surface area contributed by atoms with Gasteiger partial charge in [0.1, 0.15) is 0 Å². The lowest BCUT2D eigenvalue weighted by atomic mass is 9.76. The van der Waals surface area contributed by atoms with Crippen molar-refractivity contribution in [2.45, 2.75) is 51.2 Å². The largest absolute Gasteiger partial charge is 0.375 e. The van der Waals surface area contributed by atoms with Gasteiger partial charge in [0.25, 0.3) is 0 Å². The van der Waals surface area contributed by atoms with E-state index in [0.717, 1.165) is 19.4 Å². The molecule has 2 atom stereocenters. The number of ether oxygens (including phenoxy) is 1. The van der Waals surface area contributed by atoms with E-state index in [9.17, 15) is 0 Å². The Labute approximate surface area is 132 Å². The molecule has 1 spiro atoms. The number of hydrogen-bond donors (Lipinski definition) is 1. The van der Waals surface area contributed by atoms with Crippen LogP contribution in [0.25, 0.3) is 0 Å². The summed E-state index contributed by atoms with van der Waals surface area (Å²) in [4.78, 5) is 0. The second-order valence-corrected chi connectivity index (χ2v) is 7.94. The van der Waals surface area contributed by atoms with Crippen molar-refractivity contribution < 1.29 is 4.74 Å². The van der Waals surface area contributed by atoms with Crippen LogP contribution in [-0.4, -0.2) is 23.7 Å². The van der Waals surface area contributed by atoms with Crippen LogP contribution in [0.5, 0.6) is 0 Å². The third-order valence-corrected chi connectivity index (χ3v) is 6.43. The molecule has 116 valence electrons. The van der Waals surface area contributed by atoms with Gasteiger partial charge in [0.05, 0.1) is 5.60 Å². The molecule has 0 saturated carbocycles. The normalized spacial score (nSPS) is 26.7. The van der Waals surface area contributed by atoms with Crippen LogP contribution in [0, 0.1) is 19.8 Å². The Balaban J connectivity index is 1.78. The third-order valence-electron chi connectivity index (χ3n) is 5.45. The maximum atomic E-state index is 6.67. The second-order valence-electron chi connectivity index (χ2n) is 6.71. The zero-order chi connectivity index (χ0) is 14.9. The lowest BCUT2D eigenvalue weighted by Crippen LogP contribution is -2.45. The van der Waals surface area contributed by atoms with Crippen LogP contribution in [0.2, 0.25) is 0 Å². The highest BCUT2D eigenvalue weighted by molar-refractivity contribution is 7.99. The summed E-state index contributed by atoms with van der Waals surface area (Å²) in [6, 6.07) is 6.69. The smallest absolute Gasteiger partial charge is 0.0701 e. The Kier molecular flexibility index (Phi) is 4.63. The first-order chi connectivity index (χ1) is 10.1. The summed E-state index contributed by atoms with van der Waals surface area (Å²) in [7, 11) is 0. The molecule has 0 aromatic heterocycles. The van der Waals surface area contributed by atoms with Gasteiger partial charge in [-0.1, -0.05) is 18.2 Å². The van der Waals surface area contributed by atoms with Crippen LogP contribution in [-0.2, 0) is 4.74 Å². The Morgan fingerprint density at radius 2 is 2.05 bits per heavy atom. The van der Waals surface area contributed by atoms with Gasteiger partial charge in [-0.25, -0.2) is 0 Å². The summed E-state index contributed by atoms with van der Waals surface area (Å²) in [6.45, 7) is 5.26. The molecule has 1 aromatic carbocycles. The Morgan fingerprint density at radius 3 is 2.81 bits per heavy atom. The van der Waals surface area contributed by atoms with E-state index in [1.807, 2.05) is 0 Å². The fourth-order valence-corrected chi connectivity index (χ4v) is 5.09. The number of thioether (sulfide) groups is 1. The summed E-state index contributed by atoms with van der Waals surface area (Å²) < 4.78 is 6.21. The molecule has 3 heteroatoms. The number of rotatable bonds is 2. The van der Waals surface area contributed by atoms with Crippen molar-refractivity contribution in [2.75, 3.05) is 18.1 Å². The van der Waals surface area contributed by atoms with E-state index in [1.54, 1.807) is 0 Å². The molecule has 21 heavy (non-hydrogen) atoms. The fraction of sp³-hybridized carbons (Fsp3) is 0.667. The summed E-state index contributed by atoms with van der Waals surface area (Å²) in [5.41, 5.74) is 10.8. The molecular weight excluding hydrogens is 278 g/mol. The zero-order valence-corrected chi connectivity index (χ0v) is 14.0. The Hall–Kier alpha value is -0.510. The van der Waals surface area contributed by atoms with Gasteiger partial charge in [0.2, 0.25) is 0 Å². The molecule has 1 aromatic rings. The number of nitrogens with two attached hydrogens (primary N) is 1. The quantitative estimate of drug-likeness (QED) is 0.897. The number of benzene rings is 1. The van der Waals surface area contributed by atoms with Crippen LogP contribution in [0.1, 0.15) is 48.4 Å². The van der Waals surface area contributed by atoms with E-state index >= 15 is 0 Å². The van der Waals surface area contributed by atoms with Crippen molar-refractivity contribution in [1.82, 2.24) is 0 Å². The van der Waals surface area contributed by atoms with Gasteiger partial charge in [-0.05, 0) is 73.6 Å². The van der Waals surface area contributed by atoms with E-state index in [-0.39, 0.29) is 11.6 Å². The molecule has 2 fully saturated rings. The minimum atomic E-state index is 0.128. The summed E-state index contributed by atoms with van der Waals surface area (Å²) >= 11 is 2.06. The summed E-state index contributed by atoms with van der Waals surface area (Å²) in [6.07, 6.45) is 4.65. The van der Waals surface area contributed by atoms with Crippen LogP contribution in [0.15, 0.2) is 18.2 Å². The molecule has 2 aliphatic rings. The van der Waals surface area contributed by atoms with Gasteiger partial charge in [0.15, 0.2) is 0 Å². The Morgan fingerprint density at radius 1 is 1.29 bits per heavy atom. The van der Waals surface area contributed by atoms with Crippen molar-refractivity contribution in [3.63, 3.8) is 0 Å². The maximum Gasteiger partial charge on any atom is 0.0701 e. The molecule has 2 saturated heterocycles. The molecular formula is C18H27NOS. The van der Waals surface area contributed by atoms with E-state index in [0.29, 0.717) is 5.92 Å². The monoisotopic (exact) mass is 305 g/mol. The van der Waals surface area contributed by atoms with Crippen molar-refractivity contribution in [3.05, 3.63) is 34.9 Å². The molecule has 0 aliphatic carbocycles. The molecule has 2 aliphatic heterocycles. The van der Waals surface area contributed by atoms with Crippen molar-refractivity contribution in [1.29, 1.82) is 0 Å². The SMILES string of the molecule is Cc1cccc(C(N)C2CCOC3(CCSCC3)C2)c1C. The first-order valence-electron chi connectivity index (χ1n) is 8.15. The van der Waals surface area contributed by atoms with Crippen LogP contribution in [0.3, 0.4) is 0 Å². The third kappa shape index (κ3) is 3.15. The summed E-state index contributed by atoms with van der Waals surface area (Å²) in [5, 5.41) is 0. The van der Waals surface area contributed by atoms with Gasteiger partial charge in [-0.15, -0.1) is 0 Å². The van der Waals surface area contributed by atoms with Gasteiger partial charge >= 0.3 is 0 Å². The molecule has 2 unspecified atom stereocenters. The highest BCUT2D eigenvalue weighted by Gasteiger charge is 2.40. The van der Waals surface area contributed by atoms with E-state index < -0.39 is 0 Å². The minimum Gasteiger partial charge on any atom is -0.375 e. The second kappa shape index (κ2) is 6.31. The first kappa shape index (κ1) is 15.4. The lowest BCUT2D eigenvalue weighted by Gasteiger charge is -2.45. The standard InChI is InChI=1S/C18H27NOS/c1-13-4-3-5-16(14(13)2)17(19)15-6-9-20-18(12-15)7-10-21-11-8-18/h3-5,15,17H,6-12,19H2,1-2H3. The van der Waals surface area contributed by atoms with Crippen molar-refractivity contribution in [2.24, 2.45) is 11.7 Å². The number of hydrogen-bond acceptors (Lipinski definition) is 3. The molecule has 3 rings (SSSR count). The zero-order valence-electron chi connectivity index (χ0n) is 13.2. The molecule has 2 heterocycles. The average Bonchev–Trinajstić information content (AvgIpc) is 2.50. The highest BCUT2D eigenvalue weighted by Crippen LogP contribution is 2.43. The predicted molar refractivity (Wildman–Crippen MR) is 90.8 cm³/mol. The van der Waals surface area contributed by atoms with Gasteiger partial charge < -0.3 is 10.5 Å². The highest BCUT2D eigenvalue weighted by atomic mass is 32.2. The number of aryl methyl sites for hydroxylation is 1. The topological polar surface area (TPSA) is 35.2 Å². The van der Waals surface area contributed by atoms with Crippen LogP contribution < -0.4 is 5.73 Å². The van der Waals surface area contributed by atoms with Gasteiger partial charge in [-0.3, -0.25) is 0 Å². The molecule has 0 amide bonds. The first-order valence-corrected chi connectivity index (χ1v) is 9.30. The minimum absolute atomic E-state index is 0.128. The molecule has 0 radical (unpaired) electrons. The van der Waals surface area contributed by atoms with E-state index in [4.69, 9.17) is 10.5 Å². The van der Waals surface area contributed by atoms with Crippen molar-refractivity contribution >= 4 is 11.8 Å². The summed E-state index contributed by atoms with van der Waals surface area (Å²) in [5.74, 6) is 3.04. The Bertz CT molecular complexity index is 490. The van der Waals surface area contributed by atoms with Crippen LogP contribution >= 0.6 is 11.8 Å². The predicted octanol–water partition coefficient (Wildman–Crippen LogP) is 4.00. The van der Waals surface area contributed by atoms with Crippen molar-refractivity contribution in [3.8, 4) is 0 Å².